The molecule has 0 radical (unpaired) electrons. The molecule has 0 atom stereocenters. The Morgan fingerprint density at radius 2 is 2.05 bits per heavy atom. The zero-order valence-corrected chi connectivity index (χ0v) is 9.92. The van der Waals surface area contributed by atoms with E-state index in [1.807, 2.05) is 0 Å². The second-order valence-corrected chi connectivity index (χ2v) is 4.13. The van der Waals surface area contributed by atoms with Gasteiger partial charge in [-0.15, -0.1) is 0 Å². The molecule has 0 spiro atoms. The zero-order valence-electron chi connectivity index (χ0n) is 9.16. The molecular weight excluding hydrogens is 285 g/mol. The molecule has 0 aliphatic heterocycles. The third-order valence-corrected chi connectivity index (χ3v) is 2.80. The molecule has 8 heteroatoms. The Hall–Kier alpha value is -2.02. The summed E-state index contributed by atoms with van der Waals surface area (Å²) in [6.07, 6.45) is -1.43. The van der Waals surface area contributed by atoms with Gasteiger partial charge in [-0.2, -0.15) is 13.2 Å². The van der Waals surface area contributed by atoms with Crippen LogP contribution >= 0.6 is 11.6 Å². The number of hydrogen-bond acceptors (Lipinski definition) is 2. The Balaban J connectivity index is 2.62. The number of benzene rings is 1. The Bertz CT molecular complexity index is 676. The summed E-state index contributed by atoms with van der Waals surface area (Å²) in [6.45, 7) is 0. The lowest BCUT2D eigenvalue weighted by Gasteiger charge is -2.08. The van der Waals surface area contributed by atoms with Crippen molar-refractivity contribution in [2.45, 2.75) is 6.18 Å². The highest BCUT2D eigenvalue weighted by Gasteiger charge is 2.33. The smallest absolute Gasteiger partial charge is 0.361 e. The van der Waals surface area contributed by atoms with Crippen LogP contribution in [0.15, 0.2) is 24.5 Å². The van der Waals surface area contributed by atoms with Gasteiger partial charge < -0.3 is 4.98 Å². The molecule has 100 valence electrons. The molecule has 1 heterocycles. The third kappa shape index (κ3) is 2.70. The van der Waals surface area contributed by atoms with Crippen LogP contribution < -0.4 is 0 Å². The summed E-state index contributed by atoms with van der Waals surface area (Å²) in [5.41, 5.74) is -0.313. The van der Waals surface area contributed by atoms with Gasteiger partial charge in [0.15, 0.2) is 0 Å². The SMILES string of the molecule is O=[N+]([O-])C=Cc1c[nH]c2cc(Cl)c(C(F)(F)F)cc12. The Morgan fingerprint density at radius 3 is 2.63 bits per heavy atom. The molecule has 0 saturated carbocycles. The molecule has 1 aromatic carbocycles. The highest BCUT2D eigenvalue weighted by atomic mass is 35.5. The molecule has 4 nitrogen and oxygen atoms in total. The number of nitrogens with one attached hydrogen (secondary N) is 1. The lowest BCUT2D eigenvalue weighted by molar-refractivity contribution is -0.400. The molecule has 1 aromatic heterocycles. The first-order valence-corrected chi connectivity index (χ1v) is 5.36. The van der Waals surface area contributed by atoms with Gasteiger partial charge in [0.05, 0.1) is 15.5 Å². The minimum Gasteiger partial charge on any atom is -0.361 e. The van der Waals surface area contributed by atoms with Gasteiger partial charge in [-0.25, -0.2) is 0 Å². The van der Waals surface area contributed by atoms with Crippen LogP contribution in [0, 0.1) is 10.1 Å². The van der Waals surface area contributed by atoms with E-state index >= 15 is 0 Å². The largest absolute Gasteiger partial charge is 0.417 e. The van der Waals surface area contributed by atoms with Crippen molar-refractivity contribution < 1.29 is 18.1 Å². The summed E-state index contributed by atoms with van der Waals surface area (Å²) in [5, 5.41) is 10.0. The van der Waals surface area contributed by atoms with E-state index in [-0.39, 0.29) is 10.9 Å². The number of aromatic nitrogens is 1. The summed E-state index contributed by atoms with van der Waals surface area (Å²) in [4.78, 5) is 12.2. The molecule has 0 bridgehead atoms. The number of H-pyrrole nitrogens is 1. The summed E-state index contributed by atoms with van der Waals surface area (Å²) < 4.78 is 38.1. The van der Waals surface area contributed by atoms with Gasteiger partial charge in [-0.1, -0.05) is 11.6 Å². The van der Waals surface area contributed by atoms with Crippen LogP contribution in [-0.4, -0.2) is 9.91 Å². The van der Waals surface area contributed by atoms with Crippen LogP contribution in [0.2, 0.25) is 5.02 Å². The molecule has 1 N–H and O–H groups in total. The minimum atomic E-state index is -4.58. The van der Waals surface area contributed by atoms with Crippen LogP contribution in [0.3, 0.4) is 0 Å². The number of rotatable bonds is 2. The van der Waals surface area contributed by atoms with Crippen LogP contribution in [-0.2, 0) is 6.18 Å². The van der Waals surface area contributed by atoms with Crippen LogP contribution in [0.4, 0.5) is 13.2 Å². The number of fused-ring (bicyclic) bond motifs is 1. The highest BCUT2D eigenvalue weighted by molar-refractivity contribution is 6.32. The van der Waals surface area contributed by atoms with E-state index in [0.717, 1.165) is 18.2 Å². The number of nitro groups is 1. The molecule has 0 amide bonds. The van der Waals surface area contributed by atoms with Crippen LogP contribution in [0.25, 0.3) is 17.0 Å². The molecule has 0 fully saturated rings. The topological polar surface area (TPSA) is 58.9 Å². The average Bonchev–Trinajstić information content (AvgIpc) is 2.66. The van der Waals surface area contributed by atoms with Crippen molar-refractivity contribution in [3.8, 4) is 0 Å². The van der Waals surface area contributed by atoms with E-state index in [1.54, 1.807) is 0 Å². The maximum Gasteiger partial charge on any atom is 0.417 e. The third-order valence-electron chi connectivity index (χ3n) is 2.48. The van der Waals surface area contributed by atoms with Crippen molar-refractivity contribution in [2.75, 3.05) is 0 Å². The lowest BCUT2D eigenvalue weighted by atomic mass is 10.1. The van der Waals surface area contributed by atoms with E-state index in [4.69, 9.17) is 11.6 Å². The van der Waals surface area contributed by atoms with E-state index in [9.17, 15) is 23.3 Å². The summed E-state index contributed by atoms with van der Waals surface area (Å²) >= 11 is 5.56. The first-order valence-electron chi connectivity index (χ1n) is 4.98. The maximum absolute atomic E-state index is 12.7. The molecule has 0 saturated heterocycles. The number of hydrogen-bond donors (Lipinski definition) is 1. The van der Waals surface area contributed by atoms with Gasteiger partial charge in [0, 0.05) is 28.7 Å². The Labute approximate surface area is 109 Å². The Kier molecular flexibility index (Phi) is 3.23. The molecule has 0 aliphatic rings. The van der Waals surface area contributed by atoms with Crippen molar-refractivity contribution in [1.82, 2.24) is 4.98 Å². The first-order chi connectivity index (χ1) is 8.79. The van der Waals surface area contributed by atoms with E-state index in [1.165, 1.54) is 6.20 Å². The Morgan fingerprint density at radius 1 is 1.37 bits per heavy atom. The molecule has 2 rings (SSSR count). The first kappa shape index (κ1) is 13.4. The summed E-state index contributed by atoms with van der Waals surface area (Å²) in [5.74, 6) is 0. The average molecular weight is 291 g/mol. The van der Waals surface area contributed by atoms with Gasteiger partial charge in [-0.3, -0.25) is 10.1 Å². The van der Waals surface area contributed by atoms with Crippen molar-refractivity contribution in [1.29, 1.82) is 0 Å². The van der Waals surface area contributed by atoms with Crippen molar-refractivity contribution in [3.05, 3.63) is 50.8 Å². The number of nitrogens with zero attached hydrogens (tertiary/aromatic N) is 1. The molecule has 0 aliphatic carbocycles. The zero-order chi connectivity index (χ0) is 14.2. The standard InChI is InChI=1S/C11H6ClF3N2O2/c12-9-4-10-7(3-8(9)11(13,14)15)6(5-16-10)1-2-17(18)19/h1-5,16H. The van der Waals surface area contributed by atoms with Crippen molar-refractivity contribution in [3.63, 3.8) is 0 Å². The van der Waals surface area contributed by atoms with Crippen LogP contribution in [0.1, 0.15) is 11.1 Å². The minimum absolute atomic E-state index is 0.217. The predicted molar refractivity (Wildman–Crippen MR) is 64.3 cm³/mol. The van der Waals surface area contributed by atoms with Gasteiger partial charge in [-0.05, 0) is 12.1 Å². The summed E-state index contributed by atoms with van der Waals surface area (Å²) in [7, 11) is 0. The number of aromatic amines is 1. The monoisotopic (exact) mass is 290 g/mol. The van der Waals surface area contributed by atoms with Crippen LogP contribution in [0.5, 0.6) is 0 Å². The highest BCUT2D eigenvalue weighted by Crippen LogP contribution is 2.37. The van der Waals surface area contributed by atoms with E-state index in [2.05, 4.69) is 4.98 Å². The molecular formula is C11H6ClF3N2O2. The molecule has 0 unspecified atom stereocenters. The van der Waals surface area contributed by atoms with Gasteiger partial charge >= 0.3 is 6.18 Å². The maximum atomic E-state index is 12.7. The van der Waals surface area contributed by atoms with Gasteiger partial charge in [0.1, 0.15) is 0 Å². The van der Waals surface area contributed by atoms with Crippen molar-refractivity contribution >= 4 is 28.6 Å². The second-order valence-electron chi connectivity index (χ2n) is 3.72. The predicted octanol–water partition coefficient (Wildman–Crippen LogP) is 4.09. The fourth-order valence-electron chi connectivity index (χ4n) is 1.66. The van der Waals surface area contributed by atoms with Crippen molar-refractivity contribution in [2.24, 2.45) is 0 Å². The van der Waals surface area contributed by atoms with Gasteiger partial charge in [0.2, 0.25) is 6.20 Å². The summed E-state index contributed by atoms with van der Waals surface area (Å²) in [6, 6.07) is 2.01. The molecule has 2 aromatic rings. The van der Waals surface area contributed by atoms with E-state index in [0.29, 0.717) is 11.7 Å². The fraction of sp³-hybridized carbons (Fsp3) is 0.0909. The second kappa shape index (κ2) is 4.58. The van der Waals surface area contributed by atoms with Gasteiger partial charge in [0.25, 0.3) is 0 Å². The number of alkyl halides is 3. The normalized spacial score (nSPS) is 12.4. The van der Waals surface area contributed by atoms with E-state index < -0.39 is 21.7 Å². The fourth-order valence-corrected chi connectivity index (χ4v) is 1.93. The lowest BCUT2D eigenvalue weighted by Crippen LogP contribution is -2.05. The quantitative estimate of drug-likeness (QED) is 0.669. The number of halogens is 4. The molecule has 19 heavy (non-hydrogen) atoms.